The summed E-state index contributed by atoms with van der Waals surface area (Å²) in [7, 11) is 0. The summed E-state index contributed by atoms with van der Waals surface area (Å²) in [6.45, 7) is 8.37. The third kappa shape index (κ3) is 7.02. The Morgan fingerprint density at radius 2 is 1.62 bits per heavy atom. The van der Waals surface area contributed by atoms with Crippen molar-refractivity contribution in [2.75, 3.05) is 6.54 Å². The van der Waals surface area contributed by atoms with E-state index in [0.717, 1.165) is 29.5 Å². The predicted molar refractivity (Wildman–Crippen MR) is 118 cm³/mol. The van der Waals surface area contributed by atoms with Crippen molar-refractivity contribution in [1.29, 1.82) is 0 Å². The zero-order valence-electron chi connectivity index (χ0n) is 17.9. The molecule has 2 atom stereocenters. The normalized spacial score (nSPS) is 12.9. The topological polar surface area (TPSA) is 84.2 Å². The summed E-state index contributed by atoms with van der Waals surface area (Å²) < 4.78 is 0. The highest BCUT2D eigenvalue weighted by Crippen LogP contribution is 2.17. The average molecular weight is 396 g/mol. The number of amides is 2. The van der Waals surface area contributed by atoms with E-state index in [1.54, 1.807) is 6.92 Å². The Morgan fingerprint density at radius 1 is 1.00 bits per heavy atom. The van der Waals surface area contributed by atoms with Gasteiger partial charge >= 0.3 is 0 Å². The fraction of sp³-hybridized carbons (Fsp3) is 0.417. The Labute approximate surface area is 174 Å². The van der Waals surface area contributed by atoms with Crippen LogP contribution in [0.25, 0.3) is 0 Å². The van der Waals surface area contributed by atoms with Crippen LogP contribution in [0.15, 0.2) is 42.5 Å². The first-order valence-corrected chi connectivity index (χ1v) is 10.2. The molecule has 2 aromatic rings. The SMILES string of the molecule is Cc1cc(C)c(C[C@@H](N)C(=O)N[C@H](C)C(=O)NCCCc2ccccc2)c(C)c1. The lowest BCUT2D eigenvalue weighted by Crippen LogP contribution is -2.51. The molecule has 0 aliphatic carbocycles. The second kappa shape index (κ2) is 10.8. The van der Waals surface area contributed by atoms with Gasteiger partial charge in [0, 0.05) is 6.54 Å². The molecular weight excluding hydrogens is 362 g/mol. The van der Waals surface area contributed by atoms with E-state index >= 15 is 0 Å². The van der Waals surface area contributed by atoms with Crippen LogP contribution in [0.2, 0.25) is 0 Å². The summed E-state index contributed by atoms with van der Waals surface area (Å²) in [6.07, 6.45) is 2.21. The highest BCUT2D eigenvalue weighted by Gasteiger charge is 2.21. The van der Waals surface area contributed by atoms with Crippen molar-refractivity contribution in [3.05, 3.63) is 70.3 Å². The van der Waals surface area contributed by atoms with E-state index in [-0.39, 0.29) is 11.8 Å². The van der Waals surface area contributed by atoms with Crippen LogP contribution in [-0.4, -0.2) is 30.4 Å². The van der Waals surface area contributed by atoms with E-state index in [1.165, 1.54) is 11.1 Å². The van der Waals surface area contributed by atoms with Crippen LogP contribution in [0.3, 0.4) is 0 Å². The monoisotopic (exact) mass is 395 g/mol. The number of nitrogens with one attached hydrogen (secondary N) is 2. The molecule has 0 saturated carbocycles. The average Bonchev–Trinajstić information content (AvgIpc) is 2.68. The molecule has 0 fully saturated rings. The lowest BCUT2D eigenvalue weighted by atomic mass is 9.94. The van der Waals surface area contributed by atoms with Gasteiger partial charge in [0.05, 0.1) is 6.04 Å². The summed E-state index contributed by atoms with van der Waals surface area (Å²) in [5.74, 6) is -0.502. The first-order chi connectivity index (χ1) is 13.8. The van der Waals surface area contributed by atoms with Gasteiger partial charge in [-0.1, -0.05) is 48.0 Å². The van der Waals surface area contributed by atoms with E-state index in [1.807, 2.05) is 32.0 Å². The van der Waals surface area contributed by atoms with Gasteiger partial charge in [0.15, 0.2) is 0 Å². The summed E-state index contributed by atoms with van der Waals surface area (Å²) in [5, 5.41) is 5.61. The Morgan fingerprint density at radius 3 is 2.24 bits per heavy atom. The zero-order valence-corrected chi connectivity index (χ0v) is 17.9. The third-order valence-corrected chi connectivity index (χ3v) is 5.14. The van der Waals surface area contributed by atoms with Crippen molar-refractivity contribution in [3.63, 3.8) is 0 Å². The van der Waals surface area contributed by atoms with Gasteiger partial charge in [0.1, 0.15) is 6.04 Å². The maximum absolute atomic E-state index is 12.5. The molecule has 0 saturated heterocycles. The van der Waals surface area contributed by atoms with Crippen molar-refractivity contribution >= 4 is 11.8 Å². The van der Waals surface area contributed by atoms with E-state index in [2.05, 4.69) is 41.8 Å². The summed E-state index contributed by atoms with van der Waals surface area (Å²) in [6, 6.07) is 13.0. The molecule has 0 bridgehead atoms. The second-order valence-electron chi connectivity index (χ2n) is 7.80. The van der Waals surface area contributed by atoms with Gasteiger partial charge in [-0.2, -0.15) is 0 Å². The van der Waals surface area contributed by atoms with Crippen molar-refractivity contribution in [3.8, 4) is 0 Å². The maximum atomic E-state index is 12.5. The van der Waals surface area contributed by atoms with Crippen LogP contribution >= 0.6 is 0 Å². The minimum atomic E-state index is -0.691. The Kier molecular flexibility index (Phi) is 8.40. The largest absolute Gasteiger partial charge is 0.354 e. The Balaban J connectivity index is 1.77. The molecule has 0 spiro atoms. The number of rotatable bonds is 9. The molecule has 2 amide bonds. The first kappa shape index (κ1) is 22.6. The molecule has 4 N–H and O–H groups in total. The van der Waals surface area contributed by atoms with E-state index in [0.29, 0.717) is 13.0 Å². The van der Waals surface area contributed by atoms with Crippen molar-refractivity contribution in [1.82, 2.24) is 10.6 Å². The molecule has 0 unspecified atom stereocenters. The predicted octanol–water partition coefficient (Wildman–Crippen LogP) is 2.74. The molecule has 29 heavy (non-hydrogen) atoms. The molecule has 0 radical (unpaired) electrons. The molecule has 0 aliphatic rings. The summed E-state index contributed by atoms with van der Waals surface area (Å²) >= 11 is 0. The molecule has 5 heteroatoms. The minimum absolute atomic E-state index is 0.193. The lowest BCUT2D eigenvalue weighted by molar-refractivity contribution is -0.129. The zero-order chi connectivity index (χ0) is 21.4. The lowest BCUT2D eigenvalue weighted by Gasteiger charge is -2.19. The van der Waals surface area contributed by atoms with E-state index in [9.17, 15) is 9.59 Å². The molecule has 2 aromatic carbocycles. The van der Waals surface area contributed by atoms with Gasteiger partial charge in [-0.3, -0.25) is 9.59 Å². The summed E-state index contributed by atoms with van der Waals surface area (Å²) in [4.78, 5) is 24.7. The van der Waals surface area contributed by atoms with Crippen molar-refractivity contribution in [2.45, 2.75) is 59.0 Å². The number of carbonyl (C=O) groups excluding carboxylic acids is 2. The van der Waals surface area contributed by atoms with Gasteiger partial charge in [-0.05, 0) is 69.2 Å². The van der Waals surface area contributed by atoms with Crippen LogP contribution in [0.4, 0.5) is 0 Å². The fourth-order valence-corrected chi connectivity index (χ4v) is 3.53. The summed E-state index contributed by atoms with van der Waals surface area (Å²) in [5.41, 5.74) is 11.9. The number of benzene rings is 2. The smallest absolute Gasteiger partial charge is 0.242 e. The number of hydrogen-bond acceptors (Lipinski definition) is 3. The standard InChI is InChI=1S/C24H33N3O2/c1-16-13-17(2)21(18(3)14-16)15-22(25)24(29)27-19(4)23(28)26-12-8-11-20-9-6-5-7-10-20/h5-7,9-10,13-14,19,22H,8,11-12,15,25H2,1-4H3,(H,26,28)(H,27,29)/t19-,22-/m1/s1. The van der Waals surface area contributed by atoms with E-state index in [4.69, 9.17) is 5.73 Å². The Hall–Kier alpha value is -2.66. The van der Waals surface area contributed by atoms with Crippen molar-refractivity contribution in [2.24, 2.45) is 5.73 Å². The van der Waals surface area contributed by atoms with Crippen LogP contribution in [0, 0.1) is 20.8 Å². The van der Waals surface area contributed by atoms with Crippen LogP contribution < -0.4 is 16.4 Å². The van der Waals surface area contributed by atoms with Crippen molar-refractivity contribution < 1.29 is 9.59 Å². The number of nitrogens with two attached hydrogens (primary N) is 1. The van der Waals surface area contributed by atoms with Crippen LogP contribution in [-0.2, 0) is 22.4 Å². The molecule has 5 nitrogen and oxygen atoms in total. The van der Waals surface area contributed by atoms with Gasteiger partial charge in [0.2, 0.25) is 11.8 Å². The highest BCUT2D eigenvalue weighted by molar-refractivity contribution is 5.89. The first-order valence-electron chi connectivity index (χ1n) is 10.2. The van der Waals surface area contributed by atoms with E-state index < -0.39 is 12.1 Å². The van der Waals surface area contributed by atoms with Crippen LogP contribution in [0.1, 0.15) is 41.2 Å². The Bertz CT molecular complexity index is 810. The molecule has 2 rings (SSSR count). The molecule has 156 valence electrons. The number of hydrogen-bond donors (Lipinski definition) is 3. The maximum Gasteiger partial charge on any atom is 0.242 e. The van der Waals surface area contributed by atoms with Gasteiger partial charge < -0.3 is 16.4 Å². The molecule has 0 aromatic heterocycles. The minimum Gasteiger partial charge on any atom is -0.354 e. The quantitative estimate of drug-likeness (QED) is 0.571. The van der Waals surface area contributed by atoms with Gasteiger partial charge in [-0.15, -0.1) is 0 Å². The van der Waals surface area contributed by atoms with Gasteiger partial charge in [-0.25, -0.2) is 0 Å². The number of carbonyl (C=O) groups is 2. The van der Waals surface area contributed by atoms with Crippen LogP contribution in [0.5, 0.6) is 0 Å². The number of aryl methyl sites for hydroxylation is 4. The highest BCUT2D eigenvalue weighted by atomic mass is 16.2. The molecule has 0 aliphatic heterocycles. The third-order valence-electron chi connectivity index (χ3n) is 5.14. The van der Waals surface area contributed by atoms with Gasteiger partial charge in [0.25, 0.3) is 0 Å². The second-order valence-corrected chi connectivity index (χ2v) is 7.80. The molecule has 0 heterocycles. The molecular formula is C24H33N3O2. The fourth-order valence-electron chi connectivity index (χ4n) is 3.53.